The Labute approximate surface area is 224 Å². The van der Waals surface area contributed by atoms with E-state index in [1.165, 1.54) is 6.20 Å². The van der Waals surface area contributed by atoms with Crippen molar-refractivity contribution in [3.63, 3.8) is 0 Å². The lowest BCUT2D eigenvalue weighted by Gasteiger charge is -2.14. The lowest BCUT2D eigenvalue weighted by Crippen LogP contribution is -2.19. The van der Waals surface area contributed by atoms with Gasteiger partial charge in [-0.25, -0.2) is 4.79 Å². The summed E-state index contributed by atoms with van der Waals surface area (Å²) >= 11 is 0. The number of furan rings is 1. The molecule has 1 fully saturated rings. The van der Waals surface area contributed by atoms with E-state index >= 15 is 0 Å². The lowest BCUT2D eigenvalue weighted by atomic mass is 9.93. The molecule has 0 radical (unpaired) electrons. The third-order valence-corrected chi connectivity index (χ3v) is 7.24. The number of aromatic nitrogens is 2. The maximum absolute atomic E-state index is 12.9. The summed E-state index contributed by atoms with van der Waals surface area (Å²) in [6.07, 6.45) is 1.83. The fourth-order valence-electron chi connectivity index (χ4n) is 4.81. The Kier molecular flexibility index (Phi) is 6.07. The van der Waals surface area contributed by atoms with E-state index in [0.29, 0.717) is 35.4 Å². The minimum absolute atomic E-state index is 0.297. The van der Waals surface area contributed by atoms with E-state index in [4.69, 9.17) is 9.15 Å². The molecule has 1 aliphatic carbocycles. The number of carboxylic acid groups (broad SMARTS) is 1. The topological polar surface area (TPSA) is 115 Å². The second kappa shape index (κ2) is 9.72. The zero-order valence-corrected chi connectivity index (χ0v) is 21.1. The molecule has 0 bridgehead atoms. The number of hydrogen-bond acceptors (Lipinski definition) is 6. The summed E-state index contributed by atoms with van der Waals surface area (Å²) in [5.74, 6) is -0.327. The zero-order chi connectivity index (χ0) is 27.0. The Morgan fingerprint density at radius 1 is 0.923 bits per heavy atom. The number of carboxylic acids is 1. The Balaban J connectivity index is 1.25. The van der Waals surface area contributed by atoms with Crippen LogP contribution in [0.25, 0.3) is 33.6 Å². The van der Waals surface area contributed by atoms with E-state index in [9.17, 15) is 14.7 Å². The minimum atomic E-state index is -0.766. The van der Waals surface area contributed by atoms with E-state index in [1.54, 1.807) is 6.07 Å². The minimum Gasteiger partial charge on any atom is -0.481 e. The van der Waals surface area contributed by atoms with Crippen LogP contribution in [0.15, 0.2) is 95.5 Å². The number of fused-ring (bicyclic) bond motifs is 1. The van der Waals surface area contributed by atoms with Crippen molar-refractivity contribution in [1.29, 1.82) is 0 Å². The van der Waals surface area contributed by atoms with E-state index in [1.807, 2.05) is 85.8 Å². The lowest BCUT2D eigenvalue weighted by molar-refractivity contribution is -0.140. The van der Waals surface area contributed by atoms with Gasteiger partial charge in [-0.15, -0.1) is 5.10 Å². The van der Waals surface area contributed by atoms with Gasteiger partial charge in [-0.05, 0) is 48.1 Å². The number of carbonyl (C=O) groups excluding carboxylic acids is 1. The highest BCUT2D eigenvalue weighted by Crippen LogP contribution is 2.48. The molecule has 2 heterocycles. The van der Waals surface area contributed by atoms with Crippen LogP contribution < -0.4 is 5.32 Å². The molecule has 3 aromatic carbocycles. The highest BCUT2D eigenvalue weighted by atomic mass is 16.6. The van der Waals surface area contributed by atoms with Gasteiger partial charge in [0.2, 0.25) is 5.71 Å². The van der Waals surface area contributed by atoms with Crippen LogP contribution in [0.2, 0.25) is 0 Å². The van der Waals surface area contributed by atoms with Crippen LogP contribution in [0.5, 0.6) is 0 Å². The second-order valence-electron chi connectivity index (χ2n) is 9.68. The molecule has 1 saturated carbocycles. The standard InChI is InChI=1S/C31H25N3O5/c1-19(20-5-3-2-4-6-20)38-30(37)33-26-25-15-18-32-34-28(25)39-27(26)23-9-7-21(8-10-23)22-11-13-24(14-12-22)31(16-17-31)29(35)36/h2-15,18-19H,16-17H2,1H3,(H,33,37)(H,35,36). The molecular formula is C31H25N3O5. The molecule has 2 N–H and O–H groups in total. The molecule has 1 atom stereocenters. The predicted octanol–water partition coefficient (Wildman–Crippen LogP) is 6.98. The maximum Gasteiger partial charge on any atom is 0.412 e. The Morgan fingerprint density at radius 2 is 1.56 bits per heavy atom. The van der Waals surface area contributed by atoms with Crippen molar-refractivity contribution in [2.24, 2.45) is 0 Å². The third-order valence-electron chi connectivity index (χ3n) is 7.24. The molecule has 1 aliphatic rings. The van der Waals surface area contributed by atoms with Crippen LogP contribution in [0.1, 0.15) is 37.0 Å². The first-order valence-corrected chi connectivity index (χ1v) is 12.7. The van der Waals surface area contributed by atoms with E-state index in [2.05, 4.69) is 15.5 Å². The van der Waals surface area contributed by atoms with Gasteiger partial charge in [-0.2, -0.15) is 5.10 Å². The molecule has 6 rings (SSSR count). The first-order valence-electron chi connectivity index (χ1n) is 12.7. The van der Waals surface area contributed by atoms with Crippen molar-refractivity contribution < 1.29 is 23.8 Å². The van der Waals surface area contributed by atoms with Gasteiger partial charge in [0.05, 0.1) is 17.0 Å². The molecule has 194 valence electrons. The number of nitrogens with one attached hydrogen (secondary N) is 1. The van der Waals surface area contributed by atoms with Crippen molar-refractivity contribution in [3.05, 3.63) is 102 Å². The van der Waals surface area contributed by atoms with E-state index in [0.717, 1.165) is 27.8 Å². The molecule has 39 heavy (non-hydrogen) atoms. The van der Waals surface area contributed by atoms with Gasteiger partial charge in [0.15, 0.2) is 5.76 Å². The smallest absolute Gasteiger partial charge is 0.412 e. The van der Waals surface area contributed by atoms with Crippen molar-refractivity contribution in [2.45, 2.75) is 31.3 Å². The summed E-state index contributed by atoms with van der Waals surface area (Å²) in [6, 6.07) is 26.6. The van der Waals surface area contributed by atoms with Gasteiger partial charge < -0.3 is 14.3 Å². The Hall–Kier alpha value is -4.98. The highest BCUT2D eigenvalue weighted by molar-refractivity contribution is 6.03. The van der Waals surface area contributed by atoms with Crippen LogP contribution in [-0.2, 0) is 14.9 Å². The molecule has 5 aromatic rings. The molecule has 8 heteroatoms. The van der Waals surface area contributed by atoms with E-state index in [-0.39, 0.29) is 0 Å². The van der Waals surface area contributed by atoms with Gasteiger partial charge in [-0.3, -0.25) is 10.1 Å². The van der Waals surface area contributed by atoms with Crippen LogP contribution in [0.3, 0.4) is 0 Å². The molecule has 1 amide bonds. The number of ether oxygens (including phenoxy) is 1. The zero-order valence-electron chi connectivity index (χ0n) is 21.1. The summed E-state index contributed by atoms with van der Waals surface area (Å²) in [6.45, 7) is 1.81. The summed E-state index contributed by atoms with van der Waals surface area (Å²) < 4.78 is 11.6. The Morgan fingerprint density at radius 3 is 2.21 bits per heavy atom. The first-order chi connectivity index (χ1) is 18.9. The molecule has 0 saturated heterocycles. The van der Waals surface area contributed by atoms with Crippen molar-refractivity contribution in [1.82, 2.24) is 10.2 Å². The van der Waals surface area contributed by atoms with Gasteiger partial charge >= 0.3 is 12.1 Å². The number of aliphatic carboxylic acids is 1. The predicted molar refractivity (Wildman–Crippen MR) is 146 cm³/mol. The maximum atomic E-state index is 12.9. The SMILES string of the molecule is CC(OC(=O)Nc1c(-c2ccc(-c3ccc(C4(C(=O)O)CC4)cc3)cc2)oc2nnccc12)c1ccccc1. The van der Waals surface area contributed by atoms with Gasteiger partial charge in [0.25, 0.3) is 0 Å². The van der Waals surface area contributed by atoms with Crippen molar-refractivity contribution in [3.8, 4) is 22.5 Å². The van der Waals surface area contributed by atoms with Crippen LogP contribution in [0, 0.1) is 0 Å². The number of nitrogens with zero attached hydrogens (tertiary/aromatic N) is 2. The summed E-state index contributed by atoms with van der Waals surface area (Å²) in [7, 11) is 0. The monoisotopic (exact) mass is 519 g/mol. The molecular weight excluding hydrogens is 494 g/mol. The largest absolute Gasteiger partial charge is 0.481 e. The fourth-order valence-corrected chi connectivity index (χ4v) is 4.81. The molecule has 1 unspecified atom stereocenters. The summed E-state index contributed by atoms with van der Waals surface area (Å²) in [4.78, 5) is 24.5. The third kappa shape index (κ3) is 4.61. The summed E-state index contributed by atoms with van der Waals surface area (Å²) in [5, 5.41) is 21.0. The first kappa shape index (κ1) is 24.4. The van der Waals surface area contributed by atoms with Crippen LogP contribution in [0.4, 0.5) is 10.5 Å². The summed E-state index contributed by atoms with van der Waals surface area (Å²) in [5.41, 5.74) is 4.42. The van der Waals surface area contributed by atoms with Gasteiger partial charge in [0.1, 0.15) is 11.8 Å². The molecule has 2 aromatic heterocycles. The van der Waals surface area contributed by atoms with Gasteiger partial charge in [-0.1, -0.05) is 78.9 Å². The number of anilines is 1. The quantitative estimate of drug-likeness (QED) is 0.238. The van der Waals surface area contributed by atoms with Crippen LogP contribution in [-0.4, -0.2) is 27.4 Å². The van der Waals surface area contributed by atoms with Crippen LogP contribution >= 0.6 is 0 Å². The second-order valence-corrected chi connectivity index (χ2v) is 9.68. The number of carbonyl (C=O) groups is 2. The van der Waals surface area contributed by atoms with Gasteiger partial charge in [0, 0.05) is 5.56 Å². The average Bonchev–Trinajstić information content (AvgIpc) is 3.71. The van der Waals surface area contributed by atoms with Crippen molar-refractivity contribution in [2.75, 3.05) is 5.32 Å². The molecule has 8 nitrogen and oxygen atoms in total. The molecule has 0 spiro atoms. The number of benzene rings is 3. The Bertz CT molecular complexity index is 1660. The molecule has 0 aliphatic heterocycles. The highest BCUT2D eigenvalue weighted by Gasteiger charge is 2.51. The average molecular weight is 520 g/mol. The number of amides is 1. The normalized spacial score (nSPS) is 14.5. The van der Waals surface area contributed by atoms with Crippen molar-refractivity contribution >= 4 is 28.8 Å². The fraction of sp³-hybridized carbons (Fsp3) is 0.161. The number of hydrogen-bond donors (Lipinski definition) is 2. The van der Waals surface area contributed by atoms with E-state index < -0.39 is 23.6 Å². The number of rotatable bonds is 7.